The molecule has 5 nitrogen and oxygen atoms in total. The third-order valence-corrected chi connectivity index (χ3v) is 4.97. The van der Waals surface area contributed by atoms with Crippen molar-refractivity contribution in [2.24, 2.45) is 0 Å². The van der Waals surface area contributed by atoms with Gasteiger partial charge in [-0.2, -0.15) is 8.78 Å². The monoisotopic (exact) mass is 397 g/mol. The molecule has 2 aromatic carbocycles. The highest BCUT2D eigenvalue weighted by molar-refractivity contribution is 7.83. The second kappa shape index (κ2) is 9.05. The first-order chi connectivity index (χ1) is 12.8. The van der Waals surface area contributed by atoms with Gasteiger partial charge in [-0.05, 0) is 43.7 Å². The Morgan fingerprint density at radius 3 is 2.26 bits per heavy atom. The van der Waals surface area contributed by atoms with Crippen LogP contribution in [0.4, 0.5) is 8.78 Å². The second-order valence-corrected chi connectivity index (χ2v) is 6.99. The summed E-state index contributed by atoms with van der Waals surface area (Å²) in [6.45, 7) is 3.11. The maximum absolute atomic E-state index is 14.8. The Hall–Kier alpha value is -2.32. The highest BCUT2D eigenvalue weighted by atomic mass is 32.2. The number of halogens is 2. The fourth-order valence-electron chi connectivity index (χ4n) is 2.33. The van der Waals surface area contributed by atoms with Gasteiger partial charge in [0.2, 0.25) is 0 Å². The maximum atomic E-state index is 14.8. The Bertz CT molecular complexity index is 794. The van der Waals surface area contributed by atoms with Crippen LogP contribution >= 0.6 is 0 Å². The number of hydrogen-bond donors (Lipinski definition) is 1. The number of aryl methyl sites for hydroxylation is 1. The molecule has 0 spiro atoms. The van der Waals surface area contributed by atoms with Gasteiger partial charge in [0.1, 0.15) is 22.8 Å². The number of alkyl halides is 2. The molecule has 1 N–H and O–H groups in total. The number of esters is 1. The first-order valence-corrected chi connectivity index (χ1v) is 9.38. The highest BCUT2D eigenvalue weighted by Gasteiger charge is 2.50. The Labute approximate surface area is 159 Å². The first-order valence-electron chi connectivity index (χ1n) is 8.23. The van der Waals surface area contributed by atoms with Crippen LogP contribution in [0.5, 0.6) is 5.75 Å². The first kappa shape index (κ1) is 21.0. The molecule has 0 radical (unpaired) electrons. The van der Waals surface area contributed by atoms with E-state index in [0.717, 1.165) is 5.56 Å². The largest absolute Gasteiger partial charge is 0.497 e. The van der Waals surface area contributed by atoms with Crippen molar-refractivity contribution in [2.75, 3.05) is 13.7 Å². The Morgan fingerprint density at radius 1 is 1.15 bits per heavy atom. The number of ether oxygens (including phenoxy) is 2. The van der Waals surface area contributed by atoms with Crippen LogP contribution in [0.3, 0.4) is 0 Å². The molecule has 8 heteroatoms. The molecule has 0 saturated heterocycles. The van der Waals surface area contributed by atoms with Crippen molar-refractivity contribution in [1.29, 1.82) is 0 Å². The minimum Gasteiger partial charge on any atom is -0.497 e. The van der Waals surface area contributed by atoms with Crippen molar-refractivity contribution in [3.8, 4) is 5.75 Å². The molecule has 0 fully saturated rings. The van der Waals surface area contributed by atoms with Crippen molar-refractivity contribution in [1.82, 2.24) is 4.72 Å². The van der Waals surface area contributed by atoms with E-state index < -0.39 is 28.9 Å². The minimum atomic E-state index is -3.93. The van der Waals surface area contributed by atoms with Crippen LogP contribution in [0.1, 0.15) is 24.1 Å². The van der Waals surface area contributed by atoms with E-state index in [1.807, 2.05) is 6.92 Å². The van der Waals surface area contributed by atoms with Crippen molar-refractivity contribution >= 4 is 17.0 Å². The minimum absolute atomic E-state index is 0.0781. The quantitative estimate of drug-likeness (QED) is 0.692. The summed E-state index contributed by atoms with van der Waals surface area (Å²) in [6, 6.07) is 10.5. The van der Waals surface area contributed by atoms with E-state index in [4.69, 9.17) is 4.74 Å². The predicted octanol–water partition coefficient (Wildman–Crippen LogP) is 3.56. The maximum Gasteiger partial charge on any atom is 0.379 e. The molecule has 2 aromatic rings. The summed E-state index contributed by atoms with van der Waals surface area (Å²) in [6.07, 6.45) is 0. The SMILES string of the molecule is CCOC(=O)C(F)(F)[C@H](N[S@@](=O)c1ccc(C)cc1)c1ccc(OC)cc1. The van der Waals surface area contributed by atoms with Crippen LogP contribution in [0.2, 0.25) is 0 Å². The number of rotatable bonds is 8. The Kier molecular flexibility index (Phi) is 7.04. The molecule has 0 saturated carbocycles. The normalized spacial score (nSPS) is 13.7. The summed E-state index contributed by atoms with van der Waals surface area (Å²) in [4.78, 5) is 12.1. The number of carbonyl (C=O) groups is 1. The molecule has 0 unspecified atom stereocenters. The average Bonchev–Trinajstić information content (AvgIpc) is 2.66. The predicted molar refractivity (Wildman–Crippen MR) is 98.0 cm³/mol. The molecule has 0 heterocycles. The van der Waals surface area contributed by atoms with E-state index in [-0.39, 0.29) is 12.2 Å². The fraction of sp³-hybridized carbons (Fsp3) is 0.316. The molecule has 0 amide bonds. The summed E-state index contributed by atoms with van der Waals surface area (Å²) in [7, 11) is -0.517. The number of methoxy groups -OCH3 is 1. The molecule has 0 bridgehead atoms. The molecule has 0 aliphatic rings. The number of carbonyl (C=O) groups excluding carboxylic acids is 1. The molecular formula is C19H21F2NO4S. The van der Waals surface area contributed by atoms with Gasteiger partial charge in [0.25, 0.3) is 0 Å². The molecule has 0 aromatic heterocycles. The van der Waals surface area contributed by atoms with E-state index in [9.17, 15) is 17.8 Å². The summed E-state index contributed by atoms with van der Waals surface area (Å²) >= 11 is 0. The zero-order valence-corrected chi connectivity index (χ0v) is 16.0. The Morgan fingerprint density at radius 2 is 1.74 bits per heavy atom. The van der Waals surface area contributed by atoms with Gasteiger partial charge in [0.05, 0.1) is 18.6 Å². The van der Waals surface area contributed by atoms with E-state index >= 15 is 0 Å². The average molecular weight is 397 g/mol. The summed E-state index contributed by atoms with van der Waals surface area (Å²) in [5, 5.41) is 0. The van der Waals surface area contributed by atoms with Crippen molar-refractivity contribution in [3.05, 3.63) is 59.7 Å². The standard InChI is InChI=1S/C19H21F2NO4S/c1-4-26-18(23)19(20,21)17(14-7-9-15(25-3)10-8-14)22-27(24)16-11-5-13(2)6-12-16/h5-12,17,22H,4H2,1-3H3/t17-,27+/m1/s1. The van der Waals surface area contributed by atoms with Gasteiger partial charge in [0, 0.05) is 0 Å². The molecular weight excluding hydrogens is 376 g/mol. The zero-order chi connectivity index (χ0) is 20.0. The van der Waals surface area contributed by atoms with Crippen LogP contribution < -0.4 is 9.46 Å². The Balaban J connectivity index is 2.37. The van der Waals surface area contributed by atoms with Gasteiger partial charge >= 0.3 is 11.9 Å². The van der Waals surface area contributed by atoms with Crippen molar-refractivity contribution in [3.63, 3.8) is 0 Å². The lowest BCUT2D eigenvalue weighted by Crippen LogP contribution is -2.45. The lowest BCUT2D eigenvalue weighted by atomic mass is 10.0. The van der Waals surface area contributed by atoms with Crippen LogP contribution in [0.15, 0.2) is 53.4 Å². The topological polar surface area (TPSA) is 64.6 Å². The van der Waals surface area contributed by atoms with Gasteiger partial charge in [-0.3, -0.25) is 0 Å². The lowest BCUT2D eigenvalue weighted by Gasteiger charge is -2.26. The van der Waals surface area contributed by atoms with Crippen LogP contribution in [0, 0.1) is 6.92 Å². The molecule has 27 heavy (non-hydrogen) atoms. The lowest BCUT2D eigenvalue weighted by molar-refractivity contribution is -0.175. The van der Waals surface area contributed by atoms with E-state index in [2.05, 4.69) is 9.46 Å². The van der Waals surface area contributed by atoms with Crippen LogP contribution in [-0.2, 0) is 20.5 Å². The summed E-state index contributed by atoms with van der Waals surface area (Å²) < 4.78 is 54.0. The fourth-order valence-corrected chi connectivity index (χ4v) is 3.35. The molecule has 2 rings (SSSR count). The van der Waals surface area contributed by atoms with Crippen LogP contribution in [-0.4, -0.2) is 29.8 Å². The molecule has 0 aliphatic heterocycles. The smallest absolute Gasteiger partial charge is 0.379 e. The molecule has 0 aliphatic carbocycles. The van der Waals surface area contributed by atoms with Gasteiger partial charge < -0.3 is 9.47 Å². The molecule has 2 atom stereocenters. The summed E-state index contributed by atoms with van der Waals surface area (Å²) in [5.41, 5.74) is 1.02. The zero-order valence-electron chi connectivity index (χ0n) is 15.2. The number of hydrogen-bond acceptors (Lipinski definition) is 4. The number of benzene rings is 2. The van der Waals surface area contributed by atoms with E-state index in [1.165, 1.54) is 38.3 Å². The van der Waals surface area contributed by atoms with Crippen LogP contribution in [0.25, 0.3) is 0 Å². The van der Waals surface area contributed by atoms with Gasteiger partial charge in [-0.1, -0.05) is 29.8 Å². The third-order valence-electron chi connectivity index (χ3n) is 3.82. The van der Waals surface area contributed by atoms with Gasteiger partial charge in [0.15, 0.2) is 0 Å². The van der Waals surface area contributed by atoms with Crippen molar-refractivity contribution < 1.29 is 27.3 Å². The van der Waals surface area contributed by atoms with Crippen molar-refractivity contribution in [2.45, 2.75) is 30.7 Å². The number of nitrogens with one attached hydrogen (secondary N) is 1. The van der Waals surface area contributed by atoms with E-state index in [1.54, 1.807) is 24.3 Å². The second-order valence-electron chi connectivity index (χ2n) is 5.75. The highest BCUT2D eigenvalue weighted by Crippen LogP contribution is 2.34. The van der Waals surface area contributed by atoms with E-state index in [0.29, 0.717) is 10.6 Å². The van der Waals surface area contributed by atoms with Gasteiger partial charge in [-0.15, -0.1) is 0 Å². The van der Waals surface area contributed by atoms with Gasteiger partial charge in [-0.25, -0.2) is 13.7 Å². The third kappa shape index (κ3) is 5.11. The summed E-state index contributed by atoms with van der Waals surface area (Å²) in [5.74, 6) is -5.14. The molecule has 146 valence electrons.